The van der Waals surface area contributed by atoms with Crippen LogP contribution in [0.5, 0.6) is 0 Å². The summed E-state index contributed by atoms with van der Waals surface area (Å²) in [5.74, 6) is 0.730. The summed E-state index contributed by atoms with van der Waals surface area (Å²) in [5.41, 5.74) is 1.05. The first kappa shape index (κ1) is 13.0. The Hall–Kier alpha value is -0.0900. The van der Waals surface area contributed by atoms with E-state index in [4.69, 9.17) is 0 Å². The molecule has 1 aromatic carbocycles. The molecule has 1 unspecified atom stereocenters. The molecule has 0 amide bonds. The molecule has 2 heteroatoms. The van der Waals surface area contributed by atoms with E-state index < -0.39 is 0 Å². The van der Waals surface area contributed by atoms with E-state index in [1.165, 1.54) is 9.99 Å². The largest absolute Gasteiger partial charge is 0.388 e. The SMILES string of the molecule is CC(C)CCCC(O)c1cccc(I)c1. The topological polar surface area (TPSA) is 20.2 Å². The standard InChI is InChI=1S/C13H19IO/c1-10(2)5-3-8-13(15)11-6-4-7-12(14)9-11/h4,6-7,9-10,13,15H,3,5,8H2,1-2H3. The Morgan fingerprint density at radius 2 is 2.00 bits per heavy atom. The van der Waals surface area contributed by atoms with Gasteiger partial charge in [-0.15, -0.1) is 0 Å². The maximum Gasteiger partial charge on any atom is 0.0790 e. The lowest BCUT2D eigenvalue weighted by Crippen LogP contribution is -1.99. The summed E-state index contributed by atoms with van der Waals surface area (Å²) >= 11 is 2.28. The molecular weight excluding hydrogens is 299 g/mol. The van der Waals surface area contributed by atoms with Gasteiger partial charge in [0.25, 0.3) is 0 Å². The molecule has 0 aromatic heterocycles. The summed E-state index contributed by atoms with van der Waals surface area (Å²) in [6.07, 6.45) is 2.88. The third kappa shape index (κ3) is 4.98. The summed E-state index contributed by atoms with van der Waals surface area (Å²) in [7, 11) is 0. The van der Waals surface area contributed by atoms with Crippen LogP contribution in [0.1, 0.15) is 44.8 Å². The molecular formula is C13H19IO. The molecule has 0 aliphatic rings. The van der Waals surface area contributed by atoms with Crippen LogP contribution in [0.4, 0.5) is 0 Å². The molecule has 0 fully saturated rings. The fraction of sp³-hybridized carbons (Fsp3) is 0.538. The van der Waals surface area contributed by atoms with E-state index in [0.29, 0.717) is 0 Å². The van der Waals surface area contributed by atoms with Crippen molar-refractivity contribution in [2.75, 3.05) is 0 Å². The Labute approximate surface area is 106 Å². The average Bonchev–Trinajstić information content (AvgIpc) is 2.17. The number of hydrogen-bond acceptors (Lipinski definition) is 1. The molecule has 0 aliphatic heterocycles. The Kier molecular flexibility index (Phi) is 5.61. The van der Waals surface area contributed by atoms with Crippen LogP contribution < -0.4 is 0 Å². The minimum atomic E-state index is -0.293. The third-order valence-corrected chi connectivity index (χ3v) is 3.16. The highest BCUT2D eigenvalue weighted by Gasteiger charge is 2.07. The molecule has 0 bridgehead atoms. The van der Waals surface area contributed by atoms with Crippen molar-refractivity contribution in [3.05, 3.63) is 33.4 Å². The lowest BCUT2D eigenvalue weighted by Gasteiger charge is -2.12. The minimum Gasteiger partial charge on any atom is -0.388 e. The van der Waals surface area contributed by atoms with Gasteiger partial charge in [-0.3, -0.25) is 0 Å². The second kappa shape index (κ2) is 6.48. The van der Waals surface area contributed by atoms with Crippen LogP contribution in [-0.4, -0.2) is 5.11 Å². The summed E-state index contributed by atoms with van der Waals surface area (Å²) < 4.78 is 1.19. The van der Waals surface area contributed by atoms with Gasteiger partial charge in [-0.25, -0.2) is 0 Å². The summed E-state index contributed by atoms with van der Waals surface area (Å²) in [6, 6.07) is 8.11. The van der Waals surface area contributed by atoms with Crippen molar-refractivity contribution >= 4 is 22.6 Å². The number of aliphatic hydroxyl groups excluding tert-OH is 1. The zero-order valence-corrected chi connectivity index (χ0v) is 11.6. The van der Waals surface area contributed by atoms with Crippen molar-refractivity contribution in [2.45, 2.75) is 39.2 Å². The molecule has 1 rings (SSSR count). The number of benzene rings is 1. The lowest BCUT2D eigenvalue weighted by atomic mass is 10.0. The zero-order valence-electron chi connectivity index (χ0n) is 9.41. The highest BCUT2D eigenvalue weighted by molar-refractivity contribution is 14.1. The van der Waals surface area contributed by atoms with Crippen LogP contribution in [0.25, 0.3) is 0 Å². The molecule has 84 valence electrons. The predicted molar refractivity (Wildman–Crippen MR) is 72.8 cm³/mol. The lowest BCUT2D eigenvalue weighted by molar-refractivity contribution is 0.162. The Balaban J connectivity index is 2.43. The molecule has 0 spiro atoms. The van der Waals surface area contributed by atoms with Crippen molar-refractivity contribution in [1.29, 1.82) is 0 Å². The summed E-state index contributed by atoms with van der Waals surface area (Å²) in [4.78, 5) is 0. The number of halogens is 1. The molecule has 1 nitrogen and oxygen atoms in total. The fourth-order valence-corrected chi connectivity index (χ4v) is 2.17. The van der Waals surface area contributed by atoms with Crippen LogP contribution in [0.15, 0.2) is 24.3 Å². The van der Waals surface area contributed by atoms with Gasteiger partial charge in [0.2, 0.25) is 0 Å². The second-order valence-corrected chi connectivity index (χ2v) is 5.64. The summed E-state index contributed by atoms with van der Waals surface area (Å²) in [6.45, 7) is 4.44. The second-order valence-electron chi connectivity index (χ2n) is 4.40. The van der Waals surface area contributed by atoms with Gasteiger partial charge >= 0.3 is 0 Å². The van der Waals surface area contributed by atoms with Crippen molar-refractivity contribution in [3.63, 3.8) is 0 Å². The first-order chi connectivity index (χ1) is 7.09. The van der Waals surface area contributed by atoms with E-state index in [0.717, 1.165) is 24.3 Å². The van der Waals surface area contributed by atoms with Gasteiger partial charge in [0.05, 0.1) is 6.10 Å². The first-order valence-corrected chi connectivity index (χ1v) is 6.61. The average molecular weight is 318 g/mol. The van der Waals surface area contributed by atoms with E-state index in [1.807, 2.05) is 18.2 Å². The number of aliphatic hydroxyl groups is 1. The highest BCUT2D eigenvalue weighted by Crippen LogP contribution is 2.21. The first-order valence-electron chi connectivity index (χ1n) is 5.53. The Bertz CT molecular complexity index is 296. The van der Waals surface area contributed by atoms with Crippen LogP contribution >= 0.6 is 22.6 Å². The van der Waals surface area contributed by atoms with Crippen molar-refractivity contribution < 1.29 is 5.11 Å². The fourth-order valence-electron chi connectivity index (χ4n) is 1.60. The zero-order chi connectivity index (χ0) is 11.3. The smallest absolute Gasteiger partial charge is 0.0790 e. The van der Waals surface area contributed by atoms with E-state index in [-0.39, 0.29) is 6.10 Å². The molecule has 1 N–H and O–H groups in total. The highest BCUT2D eigenvalue weighted by atomic mass is 127. The van der Waals surface area contributed by atoms with E-state index in [2.05, 4.69) is 42.5 Å². The van der Waals surface area contributed by atoms with Gasteiger partial charge < -0.3 is 5.11 Å². The van der Waals surface area contributed by atoms with Crippen LogP contribution in [0.3, 0.4) is 0 Å². The van der Waals surface area contributed by atoms with Crippen molar-refractivity contribution in [2.24, 2.45) is 5.92 Å². The monoisotopic (exact) mass is 318 g/mol. The Morgan fingerprint density at radius 1 is 1.27 bits per heavy atom. The van der Waals surface area contributed by atoms with Gasteiger partial charge in [-0.1, -0.05) is 38.8 Å². The Morgan fingerprint density at radius 3 is 2.60 bits per heavy atom. The number of rotatable bonds is 5. The van der Waals surface area contributed by atoms with Gasteiger partial charge in [0.15, 0.2) is 0 Å². The normalized spacial score (nSPS) is 13.1. The summed E-state index contributed by atoms with van der Waals surface area (Å²) in [5, 5.41) is 9.95. The minimum absolute atomic E-state index is 0.293. The molecule has 15 heavy (non-hydrogen) atoms. The van der Waals surface area contributed by atoms with E-state index in [9.17, 15) is 5.11 Å². The van der Waals surface area contributed by atoms with E-state index in [1.54, 1.807) is 0 Å². The molecule has 0 heterocycles. The van der Waals surface area contributed by atoms with Crippen molar-refractivity contribution in [1.82, 2.24) is 0 Å². The van der Waals surface area contributed by atoms with Crippen LogP contribution in [-0.2, 0) is 0 Å². The van der Waals surface area contributed by atoms with E-state index >= 15 is 0 Å². The van der Waals surface area contributed by atoms with Crippen LogP contribution in [0, 0.1) is 9.49 Å². The molecule has 1 aromatic rings. The van der Waals surface area contributed by atoms with Crippen molar-refractivity contribution in [3.8, 4) is 0 Å². The quantitative estimate of drug-likeness (QED) is 0.809. The maximum absolute atomic E-state index is 9.95. The molecule has 0 aliphatic carbocycles. The van der Waals surface area contributed by atoms with Gasteiger partial charge in [-0.05, 0) is 52.6 Å². The maximum atomic E-state index is 9.95. The molecule has 0 saturated heterocycles. The van der Waals surface area contributed by atoms with Crippen LogP contribution in [0.2, 0.25) is 0 Å². The molecule has 0 radical (unpaired) electrons. The van der Waals surface area contributed by atoms with Gasteiger partial charge in [0, 0.05) is 3.57 Å². The van der Waals surface area contributed by atoms with Gasteiger partial charge in [-0.2, -0.15) is 0 Å². The number of hydrogen-bond donors (Lipinski definition) is 1. The van der Waals surface area contributed by atoms with Gasteiger partial charge in [0.1, 0.15) is 0 Å². The molecule has 1 atom stereocenters. The molecule has 0 saturated carbocycles. The predicted octanol–water partition coefficient (Wildman–Crippen LogP) is 4.15. The third-order valence-electron chi connectivity index (χ3n) is 2.49.